The number of benzene rings is 1. The Kier molecular flexibility index (Phi) is 8.88. The maximum Gasteiger partial charge on any atom is 0.253 e. The fourth-order valence-electron chi connectivity index (χ4n) is 6.96. The lowest BCUT2D eigenvalue weighted by atomic mass is 9.64. The van der Waals surface area contributed by atoms with E-state index in [9.17, 15) is 19.5 Å². The van der Waals surface area contributed by atoms with Crippen LogP contribution in [0.4, 0.5) is 5.69 Å². The first-order chi connectivity index (χ1) is 18.7. The fraction of sp³-hybridized carbons (Fsp3) is 0.567. The second-order valence-electron chi connectivity index (χ2n) is 10.8. The number of ether oxygens (including phenoxy) is 1. The van der Waals surface area contributed by atoms with Gasteiger partial charge in [-0.1, -0.05) is 42.8 Å². The molecule has 3 aliphatic rings. The van der Waals surface area contributed by atoms with Crippen molar-refractivity contribution in [2.24, 2.45) is 11.8 Å². The van der Waals surface area contributed by atoms with Crippen LogP contribution in [0.25, 0.3) is 0 Å². The van der Waals surface area contributed by atoms with Crippen molar-refractivity contribution in [1.82, 2.24) is 9.80 Å². The molecule has 3 amide bonds. The van der Waals surface area contributed by atoms with E-state index >= 15 is 0 Å². The molecule has 0 aliphatic carbocycles. The van der Waals surface area contributed by atoms with Gasteiger partial charge in [-0.05, 0) is 50.7 Å². The summed E-state index contributed by atoms with van der Waals surface area (Å²) >= 11 is 6.53. The molecular formula is C30H40ClN3O5. The Labute approximate surface area is 236 Å². The first kappa shape index (κ1) is 29.3. The smallest absolute Gasteiger partial charge is 0.253 e. The molecule has 0 saturated carbocycles. The molecular weight excluding hydrogens is 518 g/mol. The van der Waals surface area contributed by atoms with Crippen molar-refractivity contribution in [1.29, 1.82) is 0 Å². The number of aliphatic hydroxyl groups is 1. The van der Waals surface area contributed by atoms with Gasteiger partial charge >= 0.3 is 0 Å². The van der Waals surface area contributed by atoms with Crippen LogP contribution >= 0.6 is 11.6 Å². The standard InChI is InChI=1S/C30H40ClN3O5/c1-5-17-32(4)26(36)23-24-27(37)34(19-11-8-12-20-35)25(30(24)16-15-29(23,7-3)39-30)28(38)33(18-6-2)22-14-10-9-13-21(22)31/h5-6,9-10,13-14,23-25,35H,1-2,7-8,11-12,15-20H2,3-4H3/t23-,24+,25?,29+,30?/m1/s1. The molecule has 2 unspecified atom stereocenters. The molecule has 4 rings (SSSR count). The van der Waals surface area contributed by atoms with E-state index < -0.39 is 29.1 Å². The highest BCUT2D eigenvalue weighted by Gasteiger charge is 2.78. The summed E-state index contributed by atoms with van der Waals surface area (Å²) in [5.74, 6) is -2.09. The summed E-state index contributed by atoms with van der Waals surface area (Å²) in [6.07, 6.45) is 6.92. The minimum atomic E-state index is -1.11. The summed E-state index contributed by atoms with van der Waals surface area (Å²) in [6, 6.07) is 6.20. The van der Waals surface area contributed by atoms with Crippen molar-refractivity contribution in [3.63, 3.8) is 0 Å². The van der Waals surface area contributed by atoms with Gasteiger partial charge in [0.2, 0.25) is 11.8 Å². The second kappa shape index (κ2) is 11.8. The van der Waals surface area contributed by atoms with Crippen molar-refractivity contribution >= 4 is 35.0 Å². The Balaban J connectivity index is 1.80. The minimum Gasteiger partial charge on any atom is -0.396 e. The molecule has 3 saturated heterocycles. The van der Waals surface area contributed by atoms with Crippen molar-refractivity contribution in [3.05, 3.63) is 54.6 Å². The number of fused-ring (bicyclic) bond motifs is 1. The van der Waals surface area contributed by atoms with Crippen LogP contribution in [0.3, 0.4) is 0 Å². The molecule has 3 fully saturated rings. The zero-order chi connectivity index (χ0) is 28.4. The van der Waals surface area contributed by atoms with Crippen molar-refractivity contribution in [2.45, 2.75) is 62.7 Å². The number of likely N-dealkylation sites (N-methyl/N-ethyl adjacent to an activating group) is 1. The number of hydrogen-bond acceptors (Lipinski definition) is 5. The Morgan fingerprint density at radius 2 is 1.87 bits per heavy atom. The van der Waals surface area contributed by atoms with Crippen LogP contribution in [0.2, 0.25) is 5.02 Å². The molecule has 2 bridgehead atoms. The highest BCUT2D eigenvalue weighted by atomic mass is 35.5. The Bertz CT molecular complexity index is 1130. The molecule has 3 aliphatic heterocycles. The van der Waals surface area contributed by atoms with E-state index in [0.717, 1.165) is 0 Å². The van der Waals surface area contributed by atoms with Gasteiger partial charge in [0.15, 0.2) is 0 Å². The van der Waals surface area contributed by atoms with E-state index in [1.807, 2.05) is 13.0 Å². The number of para-hydroxylation sites is 1. The molecule has 0 aromatic heterocycles. The molecule has 1 N–H and O–H groups in total. The number of halogens is 1. The number of hydrogen-bond donors (Lipinski definition) is 1. The number of aliphatic hydroxyl groups excluding tert-OH is 1. The van der Waals surface area contributed by atoms with E-state index in [1.54, 1.807) is 52.1 Å². The number of carbonyl (C=O) groups excluding carboxylic acids is 3. The van der Waals surface area contributed by atoms with Crippen LogP contribution < -0.4 is 4.90 Å². The van der Waals surface area contributed by atoms with E-state index in [-0.39, 0.29) is 30.9 Å². The molecule has 3 heterocycles. The third-order valence-corrected chi connectivity index (χ3v) is 9.06. The number of unbranched alkanes of at least 4 members (excludes halogenated alkanes) is 2. The molecule has 9 heteroatoms. The third-order valence-electron chi connectivity index (χ3n) is 8.74. The summed E-state index contributed by atoms with van der Waals surface area (Å²) in [4.78, 5) is 47.5. The molecule has 1 aromatic carbocycles. The number of rotatable bonds is 13. The Morgan fingerprint density at radius 1 is 1.15 bits per heavy atom. The van der Waals surface area contributed by atoms with Crippen molar-refractivity contribution < 1.29 is 24.2 Å². The molecule has 0 radical (unpaired) electrons. The van der Waals surface area contributed by atoms with Crippen molar-refractivity contribution in [3.8, 4) is 0 Å². The van der Waals surface area contributed by atoms with Crippen LogP contribution in [-0.4, -0.2) is 83.2 Å². The molecule has 5 atom stereocenters. The molecule has 1 spiro atoms. The largest absolute Gasteiger partial charge is 0.396 e. The highest BCUT2D eigenvalue weighted by Crippen LogP contribution is 2.64. The molecule has 39 heavy (non-hydrogen) atoms. The number of likely N-dealkylation sites (tertiary alicyclic amines) is 1. The molecule has 212 valence electrons. The number of amides is 3. The molecule has 1 aromatic rings. The van der Waals surface area contributed by atoms with Crippen LogP contribution in [0.5, 0.6) is 0 Å². The summed E-state index contributed by atoms with van der Waals surface area (Å²) in [6.45, 7) is 10.5. The van der Waals surface area contributed by atoms with Gasteiger partial charge in [0, 0.05) is 33.3 Å². The average Bonchev–Trinajstić information content (AvgIpc) is 3.53. The zero-order valence-electron chi connectivity index (χ0n) is 23.0. The van der Waals surface area contributed by atoms with Crippen LogP contribution in [0.15, 0.2) is 49.6 Å². The van der Waals surface area contributed by atoms with E-state index in [1.165, 1.54) is 0 Å². The van der Waals surface area contributed by atoms with E-state index in [2.05, 4.69) is 13.2 Å². The normalized spacial score (nSPS) is 28.9. The van der Waals surface area contributed by atoms with E-state index in [0.29, 0.717) is 62.3 Å². The van der Waals surface area contributed by atoms with Gasteiger partial charge in [-0.2, -0.15) is 0 Å². The van der Waals surface area contributed by atoms with Gasteiger partial charge in [-0.15, -0.1) is 13.2 Å². The van der Waals surface area contributed by atoms with Crippen molar-refractivity contribution in [2.75, 3.05) is 38.2 Å². The Hall–Kier alpha value is -2.68. The quantitative estimate of drug-likeness (QED) is 0.294. The van der Waals surface area contributed by atoms with Gasteiger partial charge < -0.3 is 24.5 Å². The Morgan fingerprint density at radius 3 is 2.51 bits per heavy atom. The lowest BCUT2D eigenvalue weighted by molar-refractivity contribution is -0.150. The van der Waals surface area contributed by atoms with Gasteiger partial charge in [-0.25, -0.2) is 0 Å². The summed E-state index contributed by atoms with van der Waals surface area (Å²) < 4.78 is 6.86. The number of carbonyl (C=O) groups is 3. The topological polar surface area (TPSA) is 90.4 Å². The van der Waals surface area contributed by atoms with Crippen LogP contribution in [0.1, 0.15) is 45.4 Å². The maximum atomic E-state index is 14.6. The SMILES string of the molecule is C=CCN(C)C(=O)[C@H]1[C@H]2C(=O)N(CCCCCO)C(C(=O)N(CC=C)c3ccccc3Cl)C23CC[C@]1(CC)O3. The van der Waals surface area contributed by atoms with Gasteiger partial charge in [-0.3, -0.25) is 14.4 Å². The second-order valence-corrected chi connectivity index (χ2v) is 11.3. The lowest BCUT2D eigenvalue weighted by Gasteiger charge is -2.37. The summed E-state index contributed by atoms with van der Waals surface area (Å²) in [5.41, 5.74) is -1.38. The zero-order valence-corrected chi connectivity index (χ0v) is 23.7. The van der Waals surface area contributed by atoms with Crippen LogP contribution in [0, 0.1) is 11.8 Å². The average molecular weight is 558 g/mol. The maximum absolute atomic E-state index is 14.6. The summed E-state index contributed by atoms with van der Waals surface area (Å²) in [7, 11) is 1.71. The third kappa shape index (κ3) is 4.81. The lowest BCUT2D eigenvalue weighted by Crippen LogP contribution is -2.56. The minimum absolute atomic E-state index is 0.0663. The predicted molar refractivity (Wildman–Crippen MR) is 151 cm³/mol. The first-order valence-corrected chi connectivity index (χ1v) is 14.2. The van der Waals surface area contributed by atoms with Gasteiger partial charge in [0.25, 0.3) is 5.91 Å². The summed E-state index contributed by atoms with van der Waals surface area (Å²) in [5, 5.41) is 9.68. The highest BCUT2D eigenvalue weighted by molar-refractivity contribution is 6.34. The fourth-order valence-corrected chi connectivity index (χ4v) is 7.20. The number of anilines is 1. The molecule has 8 nitrogen and oxygen atoms in total. The van der Waals surface area contributed by atoms with Gasteiger partial charge in [0.05, 0.1) is 28.1 Å². The first-order valence-electron chi connectivity index (χ1n) is 13.9. The van der Waals surface area contributed by atoms with E-state index in [4.69, 9.17) is 16.3 Å². The predicted octanol–water partition coefficient (Wildman–Crippen LogP) is 3.82. The van der Waals surface area contributed by atoms with Crippen LogP contribution in [-0.2, 0) is 19.1 Å². The monoisotopic (exact) mass is 557 g/mol. The van der Waals surface area contributed by atoms with Gasteiger partial charge in [0.1, 0.15) is 11.6 Å². The number of nitrogens with zero attached hydrogens (tertiary/aromatic N) is 3.